The summed E-state index contributed by atoms with van der Waals surface area (Å²) in [5.74, 6) is 0. The molecule has 86 valence electrons. The van der Waals surface area contributed by atoms with Crippen LogP contribution < -0.4 is 4.72 Å². The van der Waals surface area contributed by atoms with Crippen molar-refractivity contribution in [2.75, 3.05) is 6.54 Å². The summed E-state index contributed by atoms with van der Waals surface area (Å²) in [4.78, 5) is 0.0643. The normalized spacial score (nSPS) is 16.2. The Morgan fingerprint density at radius 3 is 2.80 bits per heavy atom. The molecule has 0 saturated carbocycles. The zero-order valence-electron chi connectivity index (χ0n) is 8.69. The molecule has 6 nitrogen and oxygen atoms in total. The van der Waals surface area contributed by atoms with E-state index in [1.807, 2.05) is 0 Å². The highest BCUT2D eigenvalue weighted by Gasteiger charge is 2.22. The molecule has 0 aliphatic carbocycles. The Kier molecular flexibility index (Phi) is 3.48. The Labute approximate surface area is 88.8 Å². The summed E-state index contributed by atoms with van der Waals surface area (Å²) in [5, 5.41) is 15.6. The summed E-state index contributed by atoms with van der Waals surface area (Å²) in [5.41, 5.74) is -1.03. The number of sulfonamides is 1. The molecule has 1 heterocycles. The lowest BCUT2D eigenvalue weighted by atomic mass is 10.1. The van der Waals surface area contributed by atoms with Gasteiger partial charge in [-0.05, 0) is 13.3 Å². The number of aliphatic hydroxyl groups is 1. The summed E-state index contributed by atoms with van der Waals surface area (Å²) in [7, 11) is -3.56. The molecule has 0 radical (unpaired) electrons. The van der Waals surface area contributed by atoms with Gasteiger partial charge in [0.25, 0.3) is 0 Å². The third-order valence-electron chi connectivity index (χ3n) is 2.19. The van der Waals surface area contributed by atoms with E-state index in [0.717, 1.165) is 0 Å². The topological polar surface area (TPSA) is 95.1 Å². The zero-order valence-corrected chi connectivity index (χ0v) is 9.50. The third kappa shape index (κ3) is 3.29. The molecule has 0 fully saturated rings. The first-order valence-corrected chi connectivity index (χ1v) is 6.06. The average molecular weight is 233 g/mol. The van der Waals surface area contributed by atoms with Crippen LogP contribution in [0.5, 0.6) is 0 Å². The lowest BCUT2D eigenvalue weighted by molar-refractivity contribution is 0.0613. The van der Waals surface area contributed by atoms with Gasteiger partial charge in [-0.2, -0.15) is 5.10 Å². The summed E-state index contributed by atoms with van der Waals surface area (Å²) in [6.45, 7) is 3.34. The predicted molar refractivity (Wildman–Crippen MR) is 54.7 cm³/mol. The highest BCUT2D eigenvalue weighted by atomic mass is 32.2. The van der Waals surface area contributed by atoms with Gasteiger partial charge in [0.05, 0.1) is 11.8 Å². The van der Waals surface area contributed by atoms with Crippen LogP contribution in [0.25, 0.3) is 0 Å². The molecule has 0 amide bonds. The Morgan fingerprint density at radius 2 is 2.33 bits per heavy atom. The smallest absolute Gasteiger partial charge is 0.243 e. The van der Waals surface area contributed by atoms with E-state index in [1.54, 1.807) is 13.8 Å². The largest absolute Gasteiger partial charge is 0.389 e. The van der Waals surface area contributed by atoms with E-state index in [-0.39, 0.29) is 11.4 Å². The molecule has 7 heteroatoms. The highest BCUT2D eigenvalue weighted by Crippen LogP contribution is 2.09. The van der Waals surface area contributed by atoms with Crippen molar-refractivity contribution >= 4 is 10.0 Å². The molecule has 0 bridgehead atoms. The van der Waals surface area contributed by atoms with Crippen molar-refractivity contribution in [1.82, 2.24) is 14.9 Å². The summed E-state index contributed by atoms with van der Waals surface area (Å²) >= 11 is 0. The quantitative estimate of drug-likeness (QED) is 0.659. The standard InChI is InChI=1S/C8H15N3O3S/c1-3-8(2,12)6-11-15(13,14)7-4-9-10-5-7/h4-5,11-12H,3,6H2,1-2H3,(H,9,10). The van der Waals surface area contributed by atoms with E-state index in [1.165, 1.54) is 12.4 Å². The van der Waals surface area contributed by atoms with Gasteiger partial charge in [-0.25, -0.2) is 13.1 Å². The van der Waals surface area contributed by atoms with Crippen molar-refractivity contribution in [1.29, 1.82) is 0 Å². The van der Waals surface area contributed by atoms with E-state index in [2.05, 4.69) is 14.9 Å². The second-order valence-corrected chi connectivity index (χ2v) is 5.38. The van der Waals surface area contributed by atoms with Gasteiger partial charge in [0, 0.05) is 12.7 Å². The molecule has 1 aromatic rings. The van der Waals surface area contributed by atoms with Gasteiger partial charge in [0.15, 0.2) is 0 Å². The number of aromatic nitrogens is 2. The van der Waals surface area contributed by atoms with Gasteiger partial charge in [-0.3, -0.25) is 5.10 Å². The number of rotatable bonds is 5. The molecular weight excluding hydrogens is 218 g/mol. The number of hydrogen-bond acceptors (Lipinski definition) is 4. The maximum Gasteiger partial charge on any atom is 0.243 e. The van der Waals surface area contributed by atoms with Crippen molar-refractivity contribution in [3.63, 3.8) is 0 Å². The molecule has 15 heavy (non-hydrogen) atoms. The van der Waals surface area contributed by atoms with Crippen LogP contribution >= 0.6 is 0 Å². The molecule has 0 aliphatic rings. The van der Waals surface area contributed by atoms with Gasteiger partial charge < -0.3 is 5.11 Å². The second kappa shape index (κ2) is 4.30. The van der Waals surface area contributed by atoms with Gasteiger partial charge >= 0.3 is 0 Å². The molecule has 1 atom stereocenters. The summed E-state index contributed by atoms with van der Waals surface area (Å²) < 4.78 is 25.5. The van der Waals surface area contributed by atoms with E-state index in [0.29, 0.717) is 6.42 Å². The monoisotopic (exact) mass is 233 g/mol. The first kappa shape index (κ1) is 12.2. The van der Waals surface area contributed by atoms with E-state index >= 15 is 0 Å². The molecule has 0 saturated heterocycles. The van der Waals surface area contributed by atoms with Crippen molar-refractivity contribution in [2.45, 2.75) is 30.8 Å². The van der Waals surface area contributed by atoms with Gasteiger partial charge in [0.1, 0.15) is 4.90 Å². The maximum atomic E-state index is 11.6. The minimum absolute atomic E-state index is 0.0169. The number of aromatic amines is 1. The van der Waals surface area contributed by atoms with Crippen LogP contribution in [0.4, 0.5) is 0 Å². The number of H-pyrrole nitrogens is 1. The fraction of sp³-hybridized carbons (Fsp3) is 0.625. The second-order valence-electron chi connectivity index (χ2n) is 3.61. The van der Waals surface area contributed by atoms with Crippen LogP contribution in [0.15, 0.2) is 17.3 Å². The van der Waals surface area contributed by atoms with Crippen molar-refractivity contribution in [3.8, 4) is 0 Å². The summed E-state index contributed by atoms with van der Waals surface area (Å²) in [6.07, 6.45) is 2.97. The molecule has 3 N–H and O–H groups in total. The molecule has 0 aromatic carbocycles. The van der Waals surface area contributed by atoms with Crippen LogP contribution in [-0.4, -0.2) is 35.9 Å². The Bertz CT molecular complexity index is 397. The zero-order chi connectivity index (χ0) is 11.5. The fourth-order valence-corrected chi connectivity index (χ4v) is 1.91. The Morgan fingerprint density at radius 1 is 1.67 bits per heavy atom. The third-order valence-corrected chi connectivity index (χ3v) is 3.56. The Hall–Kier alpha value is -0.920. The van der Waals surface area contributed by atoms with Crippen LogP contribution in [-0.2, 0) is 10.0 Å². The van der Waals surface area contributed by atoms with Crippen molar-refractivity contribution in [3.05, 3.63) is 12.4 Å². The molecule has 1 unspecified atom stereocenters. The predicted octanol–water partition coefficient (Wildman–Crippen LogP) is -0.151. The minimum Gasteiger partial charge on any atom is -0.389 e. The van der Waals surface area contributed by atoms with Crippen LogP contribution in [0.3, 0.4) is 0 Å². The first-order valence-electron chi connectivity index (χ1n) is 4.58. The summed E-state index contributed by atoms with van der Waals surface area (Å²) in [6, 6.07) is 0. The first-order chi connectivity index (χ1) is 6.87. The van der Waals surface area contributed by atoms with E-state index in [9.17, 15) is 13.5 Å². The number of hydrogen-bond donors (Lipinski definition) is 3. The highest BCUT2D eigenvalue weighted by molar-refractivity contribution is 7.89. The van der Waals surface area contributed by atoms with Crippen LogP contribution in [0.2, 0.25) is 0 Å². The van der Waals surface area contributed by atoms with Crippen LogP contribution in [0.1, 0.15) is 20.3 Å². The SMILES string of the molecule is CCC(C)(O)CNS(=O)(=O)c1cn[nH]c1. The number of nitrogens with zero attached hydrogens (tertiary/aromatic N) is 1. The van der Waals surface area contributed by atoms with Crippen molar-refractivity contribution < 1.29 is 13.5 Å². The molecule has 1 aromatic heterocycles. The van der Waals surface area contributed by atoms with Gasteiger partial charge in [-0.1, -0.05) is 6.92 Å². The molecule has 0 aliphatic heterocycles. The molecule has 1 rings (SSSR count). The molecule has 0 spiro atoms. The fourth-order valence-electron chi connectivity index (χ4n) is 0.845. The van der Waals surface area contributed by atoms with Gasteiger partial charge in [0.2, 0.25) is 10.0 Å². The number of nitrogens with one attached hydrogen (secondary N) is 2. The van der Waals surface area contributed by atoms with E-state index < -0.39 is 15.6 Å². The van der Waals surface area contributed by atoms with Crippen molar-refractivity contribution in [2.24, 2.45) is 0 Å². The lowest BCUT2D eigenvalue weighted by Crippen LogP contribution is -2.39. The van der Waals surface area contributed by atoms with Gasteiger partial charge in [-0.15, -0.1) is 0 Å². The average Bonchev–Trinajstić information content (AvgIpc) is 2.69. The van der Waals surface area contributed by atoms with Crippen LogP contribution in [0, 0.1) is 0 Å². The minimum atomic E-state index is -3.56. The van der Waals surface area contributed by atoms with E-state index in [4.69, 9.17) is 0 Å². The molecular formula is C8H15N3O3S. The maximum absolute atomic E-state index is 11.6. The lowest BCUT2D eigenvalue weighted by Gasteiger charge is -2.21. The Balaban J connectivity index is 2.67.